The summed E-state index contributed by atoms with van der Waals surface area (Å²) in [6, 6.07) is 1.85. The van der Waals surface area contributed by atoms with Gasteiger partial charge < -0.3 is 9.32 Å². The zero-order chi connectivity index (χ0) is 15.9. The van der Waals surface area contributed by atoms with E-state index in [2.05, 4.69) is 18.8 Å². The smallest absolute Gasteiger partial charge is 0.257 e. The van der Waals surface area contributed by atoms with E-state index in [1.165, 1.54) is 9.88 Å². The average molecular weight is 318 g/mol. The van der Waals surface area contributed by atoms with Crippen LogP contribution in [0.1, 0.15) is 56.2 Å². The lowest BCUT2D eigenvalue weighted by Crippen LogP contribution is -2.39. The molecular formula is C17H22N2O2S. The molecule has 3 rings (SSSR count). The third-order valence-electron chi connectivity index (χ3n) is 4.37. The third kappa shape index (κ3) is 2.82. The summed E-state index contributed by atoms with van der Waals surface area (Å²) in [7, 11) is 0. The van der Waals surface area contributed by atoms with Crippen molar-refractivity contribution in [2.45, 2.75) is 46.5 Å². The SMILES string of the molecule is Cc1cc(C(=O)N2CCCC(c3nc(C)c(C)s3)C2)c(C)o1. The molecule has 0 aromatic carbocycles. The fraction of sp³-hybridized carbons (Fsp3) is 0.529. The summed E-state index contributed by atoms with van der Waals surface area (Å²) in [5.74, 6) is 1.96. The molecule has 0 bridgehead atoms. The highest BCUT2D eigenvalue weighted by Crippen LogP contribution is 2.32. The van der Waals surface area contributed by atoms with Crippen LogP contribution in [0.15, 0.2) is 10.5 Å². The molecule has 1 unspecified atom stereocenters. The minimum atomic E-state index is 0.0871. The maximum absolute atomic E-state index is 12.7. The van der Waals surface area contributed by atoms with Gasteiger partial charge in [0.05, 0.1) is 16.3 Å². The Hall–Kier alpha value is -1.62. The molecule has 0 spiro atoms. The van der Waals surface area contributed by atoms with Crippen molar-refractivity contribution in [1.82, 2.24) is 9.88 Å². The molecule has 4 nitrogen and oxygen atoms in total. The monoisotopic (exact) mass is 318 g/mol. The fourth-order valence-electron chi connectivity index (χ4n) is 3.05. The van der Waals surface area contributed by atoms with Gasteiger partial charge in [-0.2, -0.15) is 0 Å². The van der Waals surface area contributed by atoms with Crippen LogP contribution < -0.4 is 0 Å². The molecule has 5 heteroatoms. The van der Waals surface area contributed by atoms with Gasteiger partial charge in [-0.15, -0.1) is 11.3 Å². The van der Waals surface area contributed by atoms with Crippen molar-refractivity contribution in [3.05, 3.63) is 38.7 Å². The lowest BCUT2D eigenvalue weighted by molar-refractivity contribution is 0.0705. The first-order chi connectivity index (χ1) is 10.5. The average Bonchev–Trinajstić information content (AvgIpc) is 3.01. The number of piperidine rings is 1. The standard InChI is InChI=1S/C17H22N2O2S/c1-10-8-15(12(3)21-10)17(20)19-7-5-6-14(9-19)16-18-11(2)13(4)22-16/h8,14H,5-7,9H2,1-4H3. The molecule has 2 aromatic heterocycles. The second-order valence-corrected chi connectivity index (χ2v) is 7.35. The molecule has 1 aliphatic heterocycles. The van der Waals surface area contributed by atoms with Crippen molar-refractivity contribution in [3.8, 4) is 0 Å². The fourth-order valence-corrected chi connectivity index (χ4v) is 4.10. The second-order valence-electron chi connectivity index (χ2n) is 6.11. The van der Waals surface area contributed by atoms with E-state index in [0.29, 0.717) is 17.2 Å². The van der Waals surface area contributed by atoms with Crippen LogP contribution in [0.25, 0.3) is 0 Å². The van der Waals surface area contributed by atoms with Gasteiger partial charge in [0, 0.05) is 23.9 Å². The number of rotatable bonds is 2. The Bertz CT molecular complexity index is 682. The number of likely N-dealkylation sites (tertiary alicyclic amines) is 1. The van der Waals surface area contributed by atoms with Gasteiger partial charge in [0.2, 0.25) is 0 Å². The van der Waals surface area contributed by atoms with Crippen LogP contribution in [-0.4, -0.2) is 28.9 Å². The number of hydrogen-bond donors (Lipinski definition) is 0. The summed E-state index contributed by atoms with van der Waals surface area (Å²) in [5, 5.41) is 1.17. The molecule has 0 radical (unpaired) electrons. The van der Waals surface area contributed by atoms with E-state index in [1.807, 2.05) is 24.8 Å². The quantitative estimate of drug-likeness (QED) is 0.841. The molecule has 3 heterocycles. The van der Waals surface area contributed by atoms with Gasteiger partial charge in [-0.3, -0.25) is 4.79 Å². The summed E-state index contributed by atoms with van der Waals surface area (Å²) in [6.07, 6.45) is 2.14. The summed E-state index contributed by atoms with van der Waals surface area (Å²) in [4.78, 5) is 20.6. The summed E-state index contributed by atoms with van der Waals surface area (Å²) in [6.45, 7) is 9.48. The minimum absolute atomic E-state index is 0.0871. The Morgan fingerprint density at radius 2 is 2.14 bits per heavy atom. The highest BCUT2D eigenvalue weighted by atomic mass is 32.1. The topological polar surface area (TPSA) is 46.3 Å². The Labute approximate surface area is 135 Å². The van der Waals surface area contributed by atoms with E-state index in [-0.39, 0.29) is 5.91 Å². The summed E-state index contributed by atoms with van der Waals surface area (Å²) >= 11 is 1.77. The maximum atomic E-state index is 12.7. The number of aromatic nitrogens is 1. The van der Waals surface area contributed by atoms with Crippen LogP contribution in [0.3, 0.4) is 0 Å². The number of furan rings is 1. The number of thiazole rings is 1. The lowest BCUT2D eigenvalue weighted by atomic mass is 9.98. The van der Waals surface area contributed by atoms with Gasteiger partial charge in [0.1, 0.15) is 11.5 Å². The Balaban J connectivity index is 1.78. The van der Waals surface area contributed by atoms with E-state index in [1.54, 1.807) is 11.3 Å². The van der Waals surface area contributed by atoms with E-state index in [4.69, 9.17) is 4.42 Å². The zero-order valence-electron chi connectivity index (χ0n) is 13.6. The third-order valence-corrected chi connectivity index (χ3v) is 5.61. The number of carbonyl (C=O) groups is 1. The molecule has 0 saturated carbocycles. The van der Waals surface area contributed by atoms with Crippen molar-refractivity contribution >= 4 is 17.2 Å². The van der Waals surface area contributed by atoms with Crippen molar-refractivity contribution in [1.29, 1.82) is 0 Å². The molecule has 1 aliphatic rings. The number of nitrogens with zero attached hydrogens (tertiary/aromatic N) is 2. The zero-order valence-corrected chi connectivity index (χ0v) is 14.4. The van der Waals surface area contributed by atoms with Crippen LogP contribution in [0.2, 0.25) is 0 Å². The van der Waals surface area contributed by atoms with Crippen molar-refractivity contribution in [3.63, 3.8) is 0 Å². The lowest BCUT2D eigenvalue weighted by Gasteiger charge is -2.31. The van der Waals surface area contributed by atoms with Gasteiger partial charge in [0.25, 0.3) is 5.91 Å². The molecule has 1 fully saturated rings. The molecule has 1 atom stereocenters. The largest absolute Gasteiger partial charge is 0.466 e. The van der Waals surface area contributed by atoms with Gasteiger partial charge in [-0.05, 0) is 46.6 Å². The van der Waals surface area contributed by atoms with Crippen LogP contribution in [0.4, 0.5) is 0 Å². The molecule has 118 valence electrons. The first-order valence-electron chi connectivity index (χ1n) is 7.76. The summed E-state index contributed by atoms with van der Waals surface area (Å²) in [5.41, 5.74) is 1.81. The van der Waals surface area contributed by atoms with Crippen molar-refractivity contribution in [2.24, 2.45) is 0 Å². The van der Waals surface area contributed by atoms with Gasteiger partial charge in [0.15, 0.2) is 0 Å². The molecule has 1 amide bonds. The van der Waals surface area contributed by atoms with Crippen LogP contribution in [0.5, 0.6) is 0 Å². The van der Waals surface area contributed by atoms with E-state index >= 15 is 0 Å². The molecule has 0 aliphatic carbocycles. The van der Waals surface area contributed by atoms with Crippen LogP contribution >= 0.6 is 11.3 Å². The van der Waals surface area contributed by atoms with Gasteiger partial charge >= 0.3 is 0 Å². The molecular weight excluding hydrogens is 296 g/mol. The normalized spacial score (nSPS) is 18.7. The van der Waals surface area contributed by atoms with Crippen LogP contribution in [0, 0.1) is 27.7 Å². The Morgan fingerprint density at radius 3 is 2.73 bits per heavy atom. The van der Waals surface area contributed by atoms with Crippen molar-refractivity contribution in [2.75, 3.05) is 13.1 Å². The second kappa shape index (κ2) is 5.88. The predicted octanol–water partition coefficient (Wildman–Crippen LogP) is 3.99. The first-order valence-corrected chi connectivity index (χ1v) is 8.57. The highest BCUT2D eigenvalue weighted by molar-refractivity contribution is 7.11. The summed E-state index contributed by atoms with van der Waals surface area (Å²) < 4.78 is 5.50. The number of carbonyl (C=O) groups excluding carboxylic acids is 1. The Morgan fingerprint density at radius 1 is 1.36 bits per heavy atom. The molecule has 1 saturated heterocycles. The molecule has 2 aromatic rings. The van der Waals surface area contributed by atoms with E-state index < -0.39 is 0 Å². The van der Waals surface area contributed by atoms with Crippen molar-refractivity contribution < 1.29 is 9.21 Å². The van der Waals surface area contributed by atoms with Gasteiger partial charge in [-0.1, -0.05) is 0 Å². The predicted molar refractivity (Wildman–Crippen MR) is 87.6 cm³/mol. The Kier molecular flexibility index (Phi) is 4.08. The van der Waals surface area contributed by atoms with E-state index in [0.717, 1.165) is 37.4 Å². The first kappa shape index (κ1) is 15.3. The minimum Gasteiger partial charge on any atom is -0.466 e. The van der Waals surface area contributed by atoms with Crippen LogP contribution in [-0.2, 0) is 0 Å². The molecule has 0 N–H and O–H groups in total. The van der Waals surface area contributed by atoms with E-state index in [9.17, 15) is 4.79 Å². The van der Waals surface area contributed by atoms with Gasteiger partial charge in [-0.25, -0.2) is 4.98 Å². The number of hydrogen-bond acceptors (Lipinski definition) is 4. The maximum Gasteiger partial charge on any atom is 0.257 e. The number of aryl methyl sites for hydroxylation is 4. The molecule has 22 heavy (non-hydrogen) atoms. The highest BCUT2D eigenvalue weighted by Gasteiger charge is 2.29. The number of amides is 1.